The lowest BCUT2D eigenvalue weighted by atomic mass is 9.81. The molecule has 2 rings (SSSR count). The van der Waals surface area contributed by atoms with Crippen molar-refractivity contribution >= 4 is 12.4 Å². The molecule has 2 N–H and O–H groups in total. The Morgan fingerprint density at radius 2 is 1.71 bits per heavy atom. The molecule has 0 spiro atoms. The zero-order chi connectivity index (χ0) is 11.5. The molecule has 1 aliphatic rings. The molecule has 2 heteroatoms. The van der Waals surface area contributed by atoms with Crippen LogP contribution in [-0.2, 0) is 0 Å². The number of rotatable bonds is 2. The topological polar surface area (TPSA) is 26.0 Å². The van der Waals surface area contributed by atoms with E-state index in [-0.39, 0.29) is 18.4 Å². The number of hydrogen-bond acceptors (Lipinski definition) is 1. The summed E-state index contributed by atoms with van der Waals surface area (Å²) in [6.45, 7) is 4.33. The maximum atomic E-state index is 6.39. The molecule has 0 amide bonds. The van der Waals surface area contributed by atoms with Crippen molar-refractivity contribution in [2.75, 3.05) is 0 Å². The van der Waals surface area contributed by atoms with Crippen molar-refractivity contribution in [3.63, 3.8) is 0 Å². The van der Waals surface area contributed by atoms with E-state index >= 15 is 0 Å². The molecule has 1 aromatic rings. The van der Waals surface area contributed by atoms with Gasteiger partial charge in [0.25, 0.3) is 0 Å². The summed E-state index contributed by atoms with van der Waals surface area (Å²) in [6, 6.07) is 6.93. The molecule has 17 heavy (non-hydrogen) atoms. The van der Waals surface area contributed by atoms with Crippen molar-refractivity contribution in [1.82, 2.24) is 0 Å². The van der Waals surface area contributed by atoms with E-state index in [0.29, 0.717) is 5.92 Å². The second kappa shape index (κ2) is 6.42. The fourth-order valence-corrected chi connectivity index (χ4v) is 2.74. The predicted molar refractivity (Wildman–Crippen MR) is 76.7 cm³/mol. The van der Waals surface area contributed by atoms with Crippen LogP contribution < -0.4 is 5.73 Å². The van der Waals surface area contributed by atoms with E-state index < -0.39 is 0 Å². The quantitative estimate of drug-likeness (QED) is 0.835. The van der Waals surface area contributed by atoms with E-state index in [4.69, 9.17) is 5.73 Å². The Hall–Kier alpha value is -0.530. The third-order valence-electron chi connectivity index (χ3n) is 4.07. The van der Waals surface area contributed by atoms with Gasteiger partial charge in [0, 0.05) is 6.04 Å². The molecule has 0 heterocycles. The monoisotopic (exact) mass is 253 g/mol. The molecule has 0 saturated heterocycles. The van der Waals surface area contributed by atoms with Crippen molar-refractivity contribution in [1.29, 1.82) is 0 Å². The Kier molecular flexibility index (Phi) is 5.48. The maximum Gasteiger partial charge on any atom is 0.0323 e. The lowest BCUT2D eigenvalue weighted by Crippen LogP contribution is -2.23. The highest BCUT2D eigenvalue weighted by atomic mass is 35.5. The average Bonchev–Trinajstić information content (AvgIpc) is 2.33. The highest BCUT2D eigenvalue weighted by Crippen LogP contribution is 2.33. The van der Waals surface area contributed by atoms with Gasteiger partial charge in [0.2, 0.25) is 0 Å². The summed E-state index contributed by atoms with van der Waals surface area (Å²) in [5, 5.41) is 0. The fourth-order valence-electron chi connectivity index (χ4n) is 2.74. The average molecular weight is 254 g/mol. The van der Waals surface area contributed by atoms with Gasteiger partial charge in [-0.1, -0.05) is 37.5 Å². The predicted octanol–water partition coefficient (Wildman–Crippen LogP) is 4.31. The second-order valence-corrected chi connectivity index (χ2v) is 5.27. The Morgan fingerprint density at radius 1 is 1.06 bits per heavy atom. The Labute approximate surface area is 111 Å². The molecule has 1 aromatic carbocycles. The number of benzene rings is 1. The summed E-state index contributed by atoms with van der Waals surface area (Å²) >= 11 is 0. The molecule has 1 nitrogen and oxygen atoms in total. The molecule has 0 aromatic heterocycles. The third-order valence-corrected chi connectivity index (χ3v) is 4.07. The van der Waals surface area contributed by atoms with Gasteiger partial charge in [0.15, 0.2) is 0 Å². The van der Waals surface area contributed by atoms with Gasteiger partial charge in [-0.2, -0.15) is 0 Å². The van der Waals surface area contributed by atoms with Crippen LogP contribution in [0.2, 0.25) is 0 Å². The molecule has 0 aliphatic heterocycles. The van der Waals surface area contributed by atoms with Gasteiger partial charge in [-0.3, -0.25) is 0 Å². The van der Waals surface area contributed by atoms with E-state index in [1.807, 2.05) is 0 Å². The molecule has 1 atom stereocenters. The minimum Gasteiger partial charge on any atom is -0.324 e. The molecular weight excluding hydrogens is 230 g/mol. The molecular formula is C15H24ClN. The molecule has 0 bridgehead atoms. The first-order chi connectivity index (χ1) is 7.68. The highest BCUT2D eigenvalue weighted by Gasteiger charge is 2.21. The standard InChI is InChI=1S/C15H23N.ClH/c1-11-8-9-14(10-12(11)2)15(16)13-6-4-3-5-7-13;/h8-10,13,15H,3-7,16H2,1-2H3;1H/t15-;/m1./s1. The van der Waals surface area contributed by atoms with Gasteiger partial charge in [0.05, 0.1) is 0 Å². The van der Waals surface area contributed by atoms with Crippen molar-refractivity contribution in [3.8, 4) is 0 Å². The molecule has 1 fully saturated rings. The van der Waals surface area contributed by atoms with Gasteiger partial charge in [-0.05, 0) is 49.3 Å². The van der Waals surface area contributed by atoms with Crippen molar-refractivity contribution < 1.29 is 0 Å². The van der Waals surface area contributed by atoms with Crippen molar-refractivity contribution in [2.45, 2.75) is 52.0 Å². The Morgan fingerprint density at radius 3 is 2.29 bits per heavy atom. The SMILES string of the molecule is Cc1ccc([C@H](N)C2CCCCC2)cc1C.Cl. The molecule has 1 aliphatic carbocycles. The van der Waals surface area contributed by atoms with Crippen LogP contribution in [0.4, 0.5) is 0 Å². The number of nitrogens with two attached hydrogens (primary N) is 1. The summed E-state index contributed by atoms with van der Waals surface area (Å²) in [4.78, 5) is 0. The molecule has 0 radical (unpaired) electrons. The number of halogens is 1. The van der Waals surface area contributed by atoms with Gasteiger partial charge in [-0.25, -0.2) is 0 Å². The van der Waals surface area contributed by atoms with Gasteiger partial charge in [-0.15, -0.1) is 12.4 Å². The zero-order valence-electron chi connectivity index (χ0n) is 10.9. The second-order valence-electron chi connectivity index (χ2n) is 5.27. The lowest BCUT2D eigenvalue weighted by Gasteiger charge is -2.28. The highest BCUT2D eigenvalue weighted by molar-refractivity contribution is 5.85. The van der Waals surface area contributed by atoms with Crippen LogP contribution in [0.15, 0.2) is 18.2 Å². The van der Waals surface area contributed by atoms with Gasteiger partial charge < -0.3 is 5.73 Å². The van der Waals surface area contributed by atoms with E-state index in [2.05, 4.69) is 32.0 Å². The van der Waals surface area contributed by atoms with Crippen molar-refractivity contribution in [3.05, 3.63) is 34.9 Å². The fraction of sp³-hybridized carbons (Fsp3) is 0.600. The minimum atomic E-state index is 0. The van der Waals surface area contributed by atoms with Gasteiger partial charge in [0.1, 0.15) is 0 Å². The van der Waals surface area contributed by atoms with E-state index in [0.717, 1.165) is 0 Å². The normalized spacial score (nSPS) is 18.5. The maximum absolute atomic E-state index is 6.39. The smallest absolute Gasteiger partial charge is 0.0323 e. The van der Waals surface area contributed by atoms with Crippen molar-refractivity contribution in [2.24, 2.45) is 11.7 Å². The summed E-state index contributed by atoms with van der Waals surface area (Å²) < 4.78 is 0. The van der Waals surface area contributed by atoms with E-state index in [1.54, 1.807) is 0 Å². The summed E-state index contributed by atoms with van der Waals surface area (Å²) in [7, 11) is 0. The van der Waals surface area contributed by atoms with Gasteiger partial charge >= 0.3 is 0 Å². The first-order valence-corrected chi connectivity index (χ1v) is 6.51. The van der Waals surface area contributed by atoms with Crippen LogP contribution in [0, 0.1) is 19.8 Å². The van der Waals surface area contributed by atoms with E-state index in [1.165, 1.54) is 48.8 Å². The summed E-state index contributed by atoms with van der Waals surface area (Å²) in [5.41, 5.74) is 10.4. The van der Waals surface area contributed by atoms with Crippen LogP contribution >= 0.6 is 12.4 Å². The third kappa shape index (κ3) is 3.46. The van der Waals surface area contributed by atoms with Crippen LogP contribution in [0.3, 0.4) is 0 Å². The largest absolute Gasteiger partial charge is 0.324 e. The van der Waals surface area contributed by atoms with Crippen LogP contribution in [0.25, 0.3) is 0 Å². The molecule has 96 valence electrons. The first kappa shape index (κ1) is 14.5. The summed E-state index contributed by atoms with van der Waals surface area (Å²) in [5.74, 6) is 0.704. The minimum absolute atomic E-state index is 0. The van der Waals surface area contributed by atoms with Crippen LogP contribution in [-0.4, -0.2) is 0 Å². The zero-order valence-corrected chi connectivity index (χ0v) is 11.7. The van der Waals surface area contributed by atoms with Crippen LogP contribution in [0.1, 0.15) is 54.8 Å². The number of hydrogen-bond donors (Lipinski definition) is 1. The lowest BCUT2D eigenvalue weighted by molar-refractivity contribution is 0.308. The van der Waals surface area contributed by atoms with Crippen LogP contribution in [0.5, 0.6) is 0 Å². The molecule has 0 unspecified atom stereocenters. The first-order valence-electron chi connectivity index (χ1n) is 6.51. The Balaban J connectivity index is 0.00000144. The molecule has 1 saturated carbocycles. The Bertz CT molecular complexity index is 356. The number of aryl methyl sites for hydroxylation is 2. The summed E-state index contributed by atoms with van der Waals surface area (Å²) in [6.07, 6.45) is 6.75. The van der Waals surface area contributed by atoms with E-state index in [9.17, 15) is 0 Å².